The minimum Gasteiger partial charge on any atom is -0.454 e. The molecular weight excluding hydrogens is 496 g/mol. The van der Waals surface area contributed by atoms with Gasteiger partial charge in [-0.3, -0.25) is 15.6 Å². The lowest BCUT2D eigenvalue weighted by Crippen LogP contribution is -2.43. The Bertz CT molecular complexity index is 1180. The molecule has 160 valence electrons. The number of hydrazine groups is 1. The number of nitrogens with zero attached hydrogens (tertiary/aromatic N) is 3. The summed E-state index contributed by atoms with van der Waals surface area (Å²) in [7, 11) is 0. The summed E-state index contributed by atoms with van der Waals surface area (Å²) in [5.41, 5.74) is 5.63. The van der Waals surface area contributed by atoms with Crippen molar-refractivity contribution in [2.75, 3.05) is 12.1 Å². The summed E-state index contributed by atoms with van der Waals surface area (Å²) in [6.07, 6.45) is 1.45. The smallest absolute Gasteiger partial charge is 0.404 e. The van der Waals surface area contributed by atoms with Crippen LogP contribution in [0.25, 0.3) is 0 Å². The lowest BCUT2D eigenvalue weighted by Gasteiger charge is -2.11. The van der Waals surface area contributed by atoms with E-state index in [0.717, 1.165) is 0 Å². The Balaban J connectivity index is 1.30. The second-order valence-corrected chi connectivity index (χ2v) is 7.39. The van der Waals surface area contributed by atoms with Crippen LogP contribution in [0.3, 0.4) is 0 Å². The van der Waals surface area contributed by atoms with E-state index < -0.39 is 10.8 Å². The van der Waals surface area contributed by atoms with E-state index in [2.05, 4.69) is 37.2 Å². The molecule has 3 N–H and O–H groups in total. The van der Waals surface area contributed by atoms with Gasteiger partial charge >= 0.3 is 11.7 Å². The number of rotatable bonds is 5. The molecule has 1 amide bonds. The van der Waals surface area contributed by atoms with Gasteiger partial charge in [-0.15, -0.1) is 0 Å². The van der Waals surface area contributed by atoms with E-state index in [9.17, 15) is 14.9 Å². The van der Waals surface area contributed by atoms with Crippen molar-refractivity contribution in [3.63, 3.8) is 0 Å². The molecule has 0 spiro atoms. The molecular formula is C17H13BrN6O6S. The molecule has 0 atom stereocenters. The number of nitrogens with one attached hydrogen (secondary N) is 3. The Hall–Kier alpha value is -3.65. The van der Waals surface area contributed by atoms with E-state index >= 15 is 0 Å². The van der Waals surface area contributed by atoms with Crippen LogP contribution in [0.2, 0.25) is 0 Å². The number of fused-ring (bicyclic) bond motifs is 1. The van der Waals surface area contributed by atoms with Crippen molar-refractivity contribution in [1.29, 1.82) is 0 Å². The van der Waals surface area contributed by atoms with E-state index in [4.69, 9.17) is 26.1 Å². The van der Waals surface area contributed by atoms with Crippen LogP contribution in [0.4, 0.5) is 11.5 Å². The summed E-state index contributed by atoms with van der Waals surface area (Å²) < 4.78 is 17.6. The molecule has 3 aromatic rings. The van der Waals surface area contributed by atoms with Crippen LogP contribution in [0.1, 0.15) is 16.3 Å². The predicted molar refractivity (Wildman–Crippen MR) is 114 cm³/mol. The number of hydrogen-bond donors (Lipinski definition) is 3. The van der Waals surface area contributed by atoms with Crippen molar-refractivity contribution in [1.82, 2.24) is 20.6 Å². The SMILES string of the molecule is O=C(NNC(=S)Nc1ccc2c(c1)OCO2)c1ccc(Cn2cc(Br)c([N+](=O)[O-])n2)o1. The first-order valence-electron chi connectivity index (χ1n) is 8.62. The fourth-order valence-electron chi connectivity index (χ4n) is 2.65. The Morgan fingerprint density at radius 1 is 1.26 bits per heavy atom. The maximum atomic E-state index is 12.3. The third-order valence-corrected chi connectivity index (χ3v) is 4.76. The molecule has 0 unspecified atom stereocenters. The first-order chi connectivity index (χ1) is 14.9. The predicted octanol–water partition coefficient (Wildman–Crippen LogP) is 2.56. The van der Waals surface area contributed by atoms with Crippen LogP contribution in [0, 0.1) is 10.1 Å². The Kier molecular flexibility index (Phi) is 5.73. The van der Waals surface area contributed by atoms with Crippen molar-refractivity contribution >= 4 is 50.7 Å². The second kappa shape index (κ2) is 8.61. The summed E-state index contributed by atoms with van der Waals surface area (Å²) in [6.45, 7) is 0.272. The molecule has 2 aromatic heterocycles. The number of amides is 1. The quantitative estimate of drug-likeness (QED) is 0.267. The normalized spacial score (nSPS) is 11.8. The summed E-state index contributed by atoms with van der Waals surface area (Å²) in [6, 6.07) is 8.24. The van der Waals surface area contributed by atoms with Gasteiger partial charge in [0.15, 0.2) is 22.4 Å². The maximum Gasteiger partial charge on any atom is 0.404 e. The molecule has 4 rings (SSSR count). The van der Waals surface area contributed by atoms with Crippen LogP contribution in [0.5, 0.6) is 11.5 Å². The highest BCUT2D eigenvalue weighted by Gasteiger charge is 2.20. The maximum absolute atomic E-state index is 12.3. The second-order valence-electron chi connectivity index (χ2n) is 6.12. The topological polar surface area (TPSA) is 146 Å². The Labute approximate surface area is 187 Å². The standard InChI is InChI=1S/C17H13BrN6O6S/c18-11-7-23(22-15(11)24(26)27)6-10-2-4-13(30-10)16(25)20-21-17(31)19-9-1-3-12-14(5-9)29-8-28-12/h1-5,7H,6,8H2,(H,20,25)(H2,19,21,31). The largest absolute Gasteiger partial charge is 0.454 e. The average Bonchev–Trinajstić information content (AvgIpc) is 3.46. The van der Waals surface area contributed by atoms with Crippen LogP contribution >= 0.6 is 28.1 Å². The number of furan rings is 1. The highest BCUT2D eigenvalue weighted by atomic mass is 79.9. The zero-order valence-corrected chi connectivity index (χ0v) is 17.9. The number of halogens is 1. The van der Waals surface area contributed by atoms with Crippen molar-refractivity contribution in [3.05, 3.63) is 62.6 Å². The van der Waals surface area contributed by atoms with Gasteiger partial charge in [0.1, 0.15) is 16.8 Å². The van der Waals surface area contributed by atoms with E-state index in [0.29, 0.717) is 22.9 Å². The zero-order chi connectivity index (χ0) is 22.0. The first-order valence-corrected chi connectivity index (χ1v) is 9.82. The minimum atomic E-state index is -0.603. The molecule has 14 heteroatoms. The lowest BCUT2D eigenvalue weighted by atomic mass is 10.3. The molecule has 1 aliphatic heterocycles. The molecule has 0 fully saturated rings. The summed E-state index contributed by atoms with van der Waals surface area (Å²) in [4.78, 5) is 22.5. The van der Waals surface area contributed by atoms with E-state index in [1.165, 1.54) is 16.9 Å². The minimum absolute atomic E-state index is 0.0223. The highest BCUT2D eigenvalue weighted by molar-refractivity contribution is 9.10. The van der Waals surface area contributed by atoms with Crippen LogP contribution in [-0.2, 0) is 6.54 Å². The van der Waals surface area contributed by atoms with Gasteiger partial charge in [-0.1, -0.05) is 0 Å². The lowest BCUT2D eigenvalue weighted by molar-refractivity contribution is -0.390. The molecule has 12 nitrogen and oxygen atoms in total. The molecule has 0 saturated carbocycles. The highest BCUT2D eigenvalue weighted by Crippen LogP contribution is 2.34. The fourth-order valence-corrected chi connectivity index (χ4v) is 3.28. The molecule has 0 bridgehead atoms. The number of hydrogen-bond acceptors (Lipinski definition) is 8. The summed E-state index contributed by atoms with van der Waals surface area (Å²) >= 11 is 8.22. The van der Waals surface area contributed by atoms with Gasteiger partial charge in [0.2, 0.25) is 6.79 Å². The molecule has 3 heterocycles. The molecule has 0 aliphatic carbocycles. The van der Waals surface area contributed by atoms with Crippen LogP contribution in [-0.4, -0.2) is 32.5 Å². The van der Waals surface area contributed by atoms with Gasteiger partial charge in [-0.05, 0) is 57.3 Å². The molecule has 31 heavy (non-hydrogen) atoms. The van der Waals surface area contributed by atoms with Gasteiger partial charge in [0.25, 0.3) is 0 Å². The molecule has 0 saturated heterocycles. The van der Waals surface area contributed by atoms with Gasteiger partial charge < -0.3 is 29.3 Å². The van der Waals surface area contributed by atoms with Gasteiger partial charge in [0, 0.05) is 11.8 Å². The monoisotopic (exact) mass is 508 g/mol. The third kappa shape index (κ3) is 4.75. The Morgan fingerprint density at radius 3 is 2.84 bits per heavy atom. The average molecular weight is 509 g/mol. The first kappa shape index (κ1) is 20.6. The number of thiocarbonyl (C=S) groups is 1. The van der Waals surface area contributed by atoms with E-state index in [1.54, 1.807) is 24.3 Å². The van der Waals surface area contributed by atoms with E-state index in [-0.39, 0.29) is 34.5 Å². The number of aromatic nitrogens is 2. The van der Waals surface area contributed by atoms with Gasteiger partial charge in [0.05, 0.1) is 11.3 Å². The molecule has 1 aliphatic rings. The molecule has 1 aromatic carbocycles. The van der Waals surface area contributed by atoms with Crippen molar-refractivity contribution in [3.8, 4) is 11.5 Å². The number of nitro groups is 1. The number of carbonyl (C=O) groups excluding carboxylic acids is 1. The summed E-state index contributed by atoms with van der Waals surface area (Å²) in [5.74, 6) is 0.772. The third-order valence-electron chi connectivity index (χ3n) is 4.00. The van der Waals surface area contributed by atoms with Crippen LogP contribution < -0.4 is 25.6 Å². The summed E-state index contributed by atoms with van der Waals surface area (Å²) in [5, 5.41) is 17.7. The van der Waals surface area contributed by atoms with Crippen molar-refractivity contribution in [2.45, 2.75) is 6.54 Å². The Morgan fingerprint density at radius 2 is 2.06 bits per heavy atom. The van der Waals surface area contributed by atoms with Gasteiger partial charge in [-0.25, -0.2) is 0 Å². The fraction of sp³-hybridized carbons (Fsp3) is 0.118. The zero-order valence-electron chi connectivity index (χ0n) is 15.5. The number of benzene rings is 1. The van der Waals surface area contributed by atoms with Crippen molar-refractivity contribution in [2.24, 2.45) is 0 Å². The van der Waals surface area contributed by atoms with Crippen LogP contribution in [0.15, 0.2) is 45.4 Å². The van der Waals surface area contributed by atoms with E-state index in [1.807, 2.05) is 0 Å². The number of anilines is 1. The number of carbonyl (C=O) groups is 1. The number of ether oxygens (including phenoxy) is 2. The molecule has 0 radical (unpaired) electrons. The van der Waals surface area contributed by atoms with Crippen molar-refractivity contribution < 1.29 is 23.6 Å². The van der Waals surface area contributed by atoms with Gasteiger partial charge in [-0.2, -0.15) is 4.68 Å².